The van der Waals surface area contributed by atoms with Crippen LogP contribution in [0.4, 0.5) is 0 Å². The lowest BCUT2D eigenvalue weighted by Gasteiger charge is -2.26. The van der Waals surface area contributed by atoms with E-state index in [1.165, 1.54) is 0 Å². The van der Waals surface area contributed by atoms with Gasteiger partial charge in [0.25, 0.3) is 5.91 Å². The number of nitrogens with zero attached hydrogens (tertiary/aromatic N) is 2. The summed E-state index contributed by atoms with van der Waals surface area (Å²) in [7, 11) is 3.15. The second-order valence-corrected chi connectivity index (χ2v) is 8.37. The van der Waals surface area contributed by atoms with Crippen LogP contribution in [0.25, 0.3) is 11.3 Å². The minimum Gasteiger partial charge on any atom is -0.507 e. The van der Waals surface area contributed by atoms with Crippen molar-refractivity contribution in [1.82, 2.24) is 15.1 Å². The number of rotatable bonds is 6. The average molecular weight is 460 g/mol. The molecule has 0 saturated carbocycles. The van der Waals surface area contributed by atoms with Crippen LogP contribution in [0.5, 0.6) is 17.2 Å². The van der Waals surface area contributed by atoms with Crippen LogP contribution < -0.4 is 9.47 Å². The van der Waals surface area contributed by atoms with E-state index in [1.807, 2.05) is 44.2 Å². The van der Waals surface area contributed by atoms with Crippen LogP contribution in [-0.2, 0) is 6.54 Å². The summed E-state index contributed by atoms with van der Waals surface area (Å²) in [5.74, 6) is 1.72. The van der Waals surface area contributed by atoms with Crippen molar-refractivity contribution in [3.05, 3.63) is 82.4 Å². The number of carbonyl (C=O) groups excluding carboxylic acids is 1. The van der Waals surface area contributed by atoms with Gasteiger partial charge >= 0.3 is 0 Å². The summed E-state index contributed by atoms with van der Waals surface area (Å²) in [6, 6.07) is 12.4. The number of carbonyl (C=O) groups is 1. The van der Waals surface area contributed by atoms with Crippen LogP contribution in [0, 0.1) is 13.8 Å². The molecule has 8 nitrogen and oxygen atoms in total. The van der Waals surface area contributed by atoms with E-state index < -0.39 is 6.04 Å². The molecule has 0 spiro atoms. The molecule has 0 aliphatic carbocycles. The van der Waals surface area contributed by atoms with Gasteiger partial charge in [-0.2, -0.15) is 5.10 Å². The Balaban J connectivity index is 1.71. The number of methoxy groups -OCH3 is 2. The van der Waals surface area contributed by atoms with Crippen molar-refractivity contribution in [1.29, 1.82) is 0 Å². The molecule has 1 atom stereocenters. The summed E-state index contributed by atoms with van der Waals surface area (Å²) < 4.78 is 16.5. The van der Waals surface area contributed by atoms with Crippen molar-refractivity contribution in [2.75, 3.05) is 14.2 Å². The SMILES string of the molecule is COc1ccc([C@H]2c3c(-c4c(C)cc(C)cc4O)n[nH]c3C(=O)N2Cc2ccco2)cc1OC. The zero-order chi connectivity index (χ0) is 24.0. The van der Waals surface area contributed by atoms with E-state index in [2.05, 4.69) is 10.2 Å². The highest BCUT2D eigenvalue weighted by molar-refractivity contribution is 6.00. The second kappa shape index (κ2) is 8.30. The lowest BCUT2D eigenvalue weighted by Crippen LogP contribution is -2.29. The van der Waals surface area contributed by atoms with Crippen molar-refractivity contribution in [3.63, 3.8) is 0 Å². The summed E-state index contributed by atoms with van der Waals surface area (Å²) in [6.07, 6.45) is 1.58. The van der Waals surface area contributed by atoms with E-state index in [4.69, 9.17) is 13.9 Å². The number of H-pyrrole nitrogens is 1. The van der Waals surface area contributed by atoms with Gasteiger partial charge in [-0.1, -0.05) is 12.1 Å². The highest BCUT2D eigenvalue weighted by Gasteiger charge is 2.43. The fraction of sp³-hybridized carbons (Fsp3) is 0.231. The third-order valence-electron chi connectivity index (χ3n) is 6.19. The van der Waals surface area contributed by atoms with E-state index in [9.17, 15) is 9.90 Å². The molecule has 0 unspecified atom stereocenters. The van der Waals surface area contributed by atoms with Gasteiger partial charge in [0.2, 0.25) is 0 Å². The second-order valence-electron chi connectivity index (χ2n) is 8.37. The van der Waals surface area contributed by atoms with Gasteiger partial charge in [-0.25, -0.2) is 0 Å². The Morgan fingerprint density at radius 1 is 1.12 bits per heavy atom. The van der Waals surface area contributed by atoms with Gasteiger partial charge in [0, 0.05) is 11.1 Å². The van der Waals surface area contributed by atoms with Crippen molar-refractivity contribution in [2.24, 2.45) is 0 Å². The smallest absolute Gasteiger partial charge is 0.273 e. The molecule has 0 fully saturated rings. The van der Waals surface area contributed by atoms with E-state index >= 15 is 0 Å². The summed E-state index contributed by atoms with van der Waals surface area (Å²) in [5.41, 5.74) is 4.86. The number of ether oxygens (including phenoxy) is 2. The number of hydrogen-bond acceptors (Lipinski definition) is 6. The molecule has 1 aliphatic heterocycles. The Bertz CT molecular complexity index is 1350. The maximum Gasteiger partial charge on any atom is 0.273 e. The molecule has 174 valence electrons. The number of phenolic OH excluding ortho intramolecular Hbond substituents is 1. The van der Waals surface area contributed by atoms with E-state index in [1.54, 1.807) is 37.5 Å². The van der Waals surface area contributed by atoms with Crippen molar-refractivity contribution in [3.8, 4) is 28.5 Å². The standard InChI is InChI=1S/C26H25N3O5/c1-14-10-15(2)21(18(30)11-14)23-22-24(28-27-23)26(31)29(13-17-6-5-9-34-17)25(22)16-7-8-19(32-3)20(12-16)33-4/h5-12,25,30H,13H2,1-4H3,(H,27,28)/t25-/m0/s1. The molecule has 5 rings (SSSR count). The fourth-order valence-corrected chi connectivity index (χ4v) is 4.74. The van der Waals surface area contributed by atoms with Crippen molar-refractivity contribution < 1.29 is 23.8 Å². The van der Waals surface area contributed by atoms with Gasteiger partial charge in [0.1, 0.15) is 22.9 Å². The summed E-state index contributed by atoms with van der Waals surface area (Å²) >= 11 is 0. The number of aromatic hydroxyl groups is 1. The molecule has 34 heavy (non-hydrogen) atoms. The molecule has 3 heterocycles. The van der Waals surface area contributed by atoms with Gasteiger partial charge in [-0.3, -0.25) is 9.89 Å². The molecule has 0 radical (unpaired) electrons. The number of furan rings is 1. The van der Waals surface area contributed by atoms with Crippen molar-refractivity contribution >= 4 is 5.91 Å². The van der Waals surface area contributed by atoms with E-state index in [-0.39, 0.29) is 18.2 Å². The maximum atomic E-state index is 13.5. The molecule has 8 heteroatoms. The first-order chi connectivity index (χ1) is 16.4. The van der Waals surface area contributed by atoms with E-state index in [0.29, 0.717) is 39.8 Å². The fourth-order valence-electron chi connectivity index (χ4n) is 4.74. The average Bonchev–Trinajstić information content (AvgIpc) is 3.53. The number of aromatic nitrogens is 2. The van der Waals surface area contributed by atoms with Crippen LogP contribution in [0.2, 0.25) is 0 Å². The molecule has 2 aromatic heterocycles. The number of hydrogen-bond donors (Lipinski definition) is 2. The zero-order valence-electron chi connectivity index (χ0n) is 19.4. The first-order valence-corrected chi connectivity index (χ1v) is 10.9. The summed E-state index contributed by atoms with van der Waals surface area (Å²) in [5, 5.41) is 18.2. The predicted molar refractivity (Wildman–Crippen MR) is 125 cm³/mol. The molecule has 2 aromatic carbocycles. The molecule has 2 N–H and O–H groups in total. The number of phenols is 1. The first-order valence-electron chi connectivity index (χ1n) is 10.9. The van der Waals surface area contributed by atoms with Crippen LogP contribution in [-0.4, -0.2) is 40.3 Å². The number of fused-ring (bicyclic) bond motifs is 1. The van der Waals surface area contributed by atoms with Gasteiger partial charge in [0.05, 0.1) is 33.1 Å². The summed E-state index contributed by atoms with van der Waals surface area (Å²) in [6.45, 7) is 4.12. The molecular formula is C26H25N3O5. The Labute approximate surface area is 196 Å². The highest BCUT2D eigenvalue weighted by Crippen LogP contribution is 2.47. The number of nitrogens with one attached hydrogen (secondary N) is 1. The Kier molecular flexibility index (Phi) is 5.28. The van der Waals surface area contributed by atoms with Crippen LogP contribution in [0.3, 0.4) is 0 Å². The highest BCUT2D eigenvalue weighted by atomic mass is 16.5. The first kappa shape index (κ1) is 21.6. The topological polar surface area (TPSA) is 101 Å². The Morgan fingerprint density at radius 3 is 2.59 bits per heavy atom. The summed E-state index contributed by atoms with van der Waals surface area (Å²) in [4.78, 5) is 15.3. The minimum absolute atomic E-state index is 0.120. The predicted octanol–water partition coefficient (Wildman–Crippen LogP) is 4.75. The molecule has 0 saturated heterocycles. The monoisotopic (exact) mass is 459 g/mol. The number of aromatic amines is 1. The van der Waals surface area contributed by atoms with Gasteiger partial charge < -0.3 is 23.9 Å². The Morgan fingerprint density at radius 2 is 1.91 bits per heavy atom. The minimum atomic E-state index is -0.485. The third kappa shape index (κ3) is 3.39. The largest absolute Gasteiger partial charge is 0.507 e. The van der Waals surface area contributed by atoms with Crippen LogP contribution in [0.15, 0.2) is 53.1 Å². The Hall–Kier alpha value is -4.20. The lowest BCUT2D eigenvalue weighted by molar-refractivity contribution is 0.0717. The van der Waals surface area contributed by atoms with E-state index in [0.717, 1.165) is 16.7 Å². The normalized spacial score (nSPS) is 15.0. The number of aryl methyl sites for hydroxylation is 2. The third-order valence-corrected chi connectivity index (χ3v) is 6.19. The van der Waals surface area contributed by atoms with Crippen molar-refractivity contribution in [2.45, 2.75) is 26.4 Å². The molecule has 1 amide bonds. The van der Waals surface area contributed by atoms with Crippen LogP contribution in [0.1, 0.15) is 44.5 Å². The van der Waals surface area contributed by atoms with Crippen LogP contribution >= 0.6 is 0 Å². The maximum absolute atomic E-state index is 13.5. The molecule has 0 bridgehead atoms. The van der Waals surface area contributed by atoms with Gasteiger partial charge in [-0.05, 0) is 60.9 Å². The van der Waals surface area contributed by atoms with Gasteiger partial charge in [0.15, 0.2) is 11.5 Å². The zero-order valence-corrected chi connectivity index (χ0v) is 19.4. The molecular weight excluding hydrogens is 434 g/mol. The number of amides is 1. The lowest BCUT2D eigenvalue weighted by atomic mass is 9.93. The quantitative estimate of drug-likeness (QED) is 0.431. The molecule has 4 aromatic rings. The number of benzene rings is 2. The van der Waals surface area contributed by atoms with Gasteiger partial charge in [-0.15, -0.1) is 0 Å². The molecule has 1 aliphatic rings.